The third-order valence-corrected chi connectivity index (χ3v) is 5.59. The smallest absolute Gasteiger partial charge is 0.214 e. The first-order chi connectivity index (χ1) is 9.99. The SMILES string of the molecule is CCCS(=O)(=O)N1CCN(c2cc#cc(CO)c2F)CC1. The summed E-state index contributed by atoms with van der Waals surface area (Å²) < 4.78 is 39.6. The van der Waals surface area contributed by atoms with E-state index >= 15 is 0 Å². The highest BCUT2D eigenvalue weighted by Gasteiger charge is 2.27. The Balaban J connectivity index is 2.08. The van der Waals surface area contributed by atoms with Gasteiger partial charge in [-0.1, -0.05) is 19.1 Å². The molecule has 1 aromatic rings. The largest absolute Gasteiger partial charge is 0.391 e. The van der Waals surface area contributed by atoms with Gasteiger partial charge in [-0.2, -0.15) is 4.31 Å². The molecule has 1 saturated heterocycles. The number of nitrogens with zero attached hydrogens (tertiary/aromatic N) is 2. The molecule has 0 aromatic heterocycles. The molecule has 21 heavy (non-hydrogen) atoms. The zero-order valence-electron chi connectivity index (χ0n) is 12.0. The highest BCUT2D eigenvalue weighted by Crippen LogP contribution is 2.22. The van der Waals surface area contributed by atoms with Crippen LogP contribution in [0, 0.1) is 17.9 Å². The zero-order valence-corrected chi connectivity index (χ0v) is 12.8. The second kappa shape index (κ2) is 6.60. The Morgan fingerprint density at radius 2 is 2.00 bits per heavy atom. The molecule has 0 saturated carbocycles. The van der Waals surface area contributed by atoms with Crippen LogP contribution in [-0.4, -0.2) is 49.8 Å². The van der Waals surface area contributed by atoms with Crippen LogP contribution in [0.2, 0.25) is 0 Å². The van der Waals surface area contributed by atoms with Crippen molar-refractivity contribution in [2.45, 2.75) is 20.0 Å². The number of anilines is 1. The Morgan fingerprint density at radius 3 is 2.57 bits per heavy atom. The fourth-order valence-electron chi connectivity index (χ4n) is 2.40. The molecule has 116 valence electrons. The van der Waals surface area contributed by atoms with Crippen molar-refractivity contribution in [2.75, 3.05) is 36.8 Å². The lowest BCUT2D eigenvalue weighted by Gasteiger charge is -2.35. The average molecular weight is 314 g/mol. The van der Waals surface area contributed by atoms with Crippen LogP contribution in [0.1, 0.15) is 18.9 Å². The van der Waals surface area contributed by atoms with Crippen LogP contribution in [0.25, 0.3) is 0 Å². The van der Waals surface area contributed by atoms with E-state index in [1.807, 2.05) is 6.92 Å². The predicted molar refractivity (Wildman–Crippen MR) is 77.9 cm³/mol. The number of hydrogen-bond acceptors (Lipinski definition) is 4. The molecule has 5 nitrogen and oxygen atoms in total. The summed E-state index contributed by atoms with van der Waals surface area (Å²) >= 11 is 0. The molecule has 2 rings (SSSR count). The average Bonchev–Trinajstić information content (AvgIpc) is 2.47. The summed E-state index contributed by atoms with van der Waals surface area (Å²) in [5.74, 6) is -0.370. The van der Waals surface area contributed by atoms with E-state index in [0.29, 0.717) is 38.3 Å². The molecule has 0 amide bonds. The maximum absolute atomic E-state index is 14.1. The summed E-state index contributed by atoms with van der Waals surface area (Å²) in [4.78, 5) is 1.77. The molecule has 0 radical (unpaired) electrons. The number of sulfonamides is 1. The normalized spacial score (nSPS) is 16.8. The summed E-state index contributed by atoms with van der Waals surface area (Å²) in [6.07, 6.45) is 0.584. The molecule has 1 N–H and O–H groups in total. The van der Waals surface area contributed by atoms with Crippen molar-refractivity contribution in [3.8, 4) is 0 Å². The molecule has 1 heterocycles. The van der Waals surface area contributed by atoms with Gasteiger partial charge in [-0.05, 0) is 6.42 Å². The van der Waals surface area contributed by atoms with Gasteiger partial charge < -0.3 is 10.0 Å². The van der Waals surface area contributed by atoms with Crippen molar-refractivity contribution in [2.24, 2.45) is 0 Å². The lowest BCUT2D eigenvalue weighted by molar-refractivity contribution is 0.275. The van der Waals surface area contributed by atoms with Crippen LogP contribution in [0.3, 0.4) is 0 Å². The van der Waals surface area contributed by atoms with Gasteiger partial charge in [0.1, 0.15) is 0 Å². The standard InChI is InChI=1S/C14H19FN2O3S/c1-2-10-21(19,20)17-8-6-16(7-9-17)13-5-3-4-12(11-18)14(13)15/h5,18H,2,6-11H2,1H3. The van der Waals surface area contributed by atoms with E-state index in [2.05, 4.69) is 12.1 Å². The first-order valence-corrected chi connectivity index (χ1v) is 8.55. The van der Waals surface area contributed by atoms with Gasteiger partial charge in [-0.15, -0.1) is 0 Å². The van der Waals surface area contributed by atoms with Crippen LogP contribution in [0.4, 0.5) is 10.1 Å². The van der Waals surface area contributed by atoms with Crippen molar-refractivity contribution in [1.29, 1.82) is 0 Å². The van der Waals surface area contributed by atoms with Gasteiger partial charge in [0.15, 0.2) is 5.82 Å². The number of rotatable bonds is 5. The fourth-order valence-corrected chi connectivity index (χ4v) is 3.89. The first kappa shape index (κ1) is 16.0. The Morgan fingerprint density at radius 1 is 1.33 bits per heavy atom. The third kappa shape index (κ3) is 3.46. The fraction of sp³-hybridized carbons (Fsp3) is 0.571. The van der Waals surface area contributed by atoms with Gasteiger partial charge in [0.2, 0.25) is 10.0 Å². The van der Waals surface area contributed by atoms with E-state index in [1.54, 1.807) is 4.90 Å². The molecule has 0 atom stereocenters. The Bertz CT molecular complexity index is 584. The van der Waals surface area contributed by atoms with Gasteiger partial charge in [-0.3, -0.25) is 0 Å². The third-order valence-electron chi connectivity index (χ3n) is 3.51. The zero-order chi connectivity index (χ0) is 15.5. The summed E-state index contributed by atoms with van der Waals surface area (Å²) in [7, 11) is -3.20. The number of hydrogen-bond donors (Lipinski definition) is 1. The lowest BCUT2D eigenvalue weighted by atomic mass is 10.2. The minimum Gasteiger partial charge on any atom is -0.391 e. The monoisotopic (exact) mass is 314 g/mol. The molecule has 0 aliphatic carbocycles. The molecule has 7 heteroatoms. The van der Waals surface area contributed by atoms with Gasteiger partial charge >= 0.3 is 0 Å². The summed E-state index contributed by atoms with van der Waals surface area (Å²) in [5.41, 5.74) is 0.416. The van der Waals surface area contributed by atoms with Gasteiger partial charge in [0, 0.05) is 32.2 Å². The Labute approximate surface area is 125 Å². The molecule has 1 aliphatic heterocycles. The van der Waals surface area contributed by atoms with Gasteiger partial charge in [0.25, 0.3) is 0 Å². The molecular weight excluding hydrogens is 295 g/mol. The lowest BCUT2D eigenvalue weighted by Crippen LogP contribution is -2.49. The van der Waals surface area contributed by atoms with Crippen molar-refractivity contribution >= 4 is 15.7 Å². The van der Waals surface area contributed by atoms with E-state index in [9.17, 15) is 12.8 Å². The van der Waals surface area contributed by atoms with Crippen LogP contribution in [0.15, 0.2) is 6.07 Å². The summed E-state index contributed by atoms with van der Waals surface area (Å²) in [6, 6.07) is 6.69. The first-order valence-electron chi connectivity index (χ1n) is 6.94. The molecule has 1 fully saturated rings. The van der Waals surface area contributed by atoms with E-state index < -0.39 is 22.4 Å². The number of aliphatic hydroxyl groups excluding tert-OH is 1. The van der Waals surface area contributed by atoms with Gasteiger partial charge in [-0.25, -0.2) is 12.8 Å². The minimum atomic E-state index is -3.20. The van der Waals surface area contributed by atoms with E-state index in [4.69, 9.17) is 5.11 Å². The van der Waals surface area contributed by atoms with E-state index in [0.717, 1.165) is 0 Å². The van der Waals surface area contributed by atoms with Gasteiger partial charge in [0.05, 0.1) is 23.6 Å². The number of piperazine rings is 1. The van der Waals surface area contributed by atoms with Crippen LogP contribution in [0.5, 0.6) is 0 Å². The topological polar surface area (TPSA) is 60.9 Å². The highest BCUT2D eigenvalue weighted by molar-refractivity contribution is 7.89. The van der Waals surface area contributed by atoms with Crippen molar-refractivity contribution in [1.82, 2.24) is 4.31 Å². The van der Waals surface area contributed by atoms with Crippen molar-refractivity contribution in [3.63, 3.8) is 0 Å². The van der Waals surface area contributed by atoms with E-state index in [1.165, 1.54) is 10.4 Å². The highest BCUT2D eigenvalue weighted by atomic mass is 32.2. The Hall–Kier alpha value is -1.36. The molecule has 0 spiro atoms. The molecule has 0 unspecified atom stereocenters. The summed E-state index contributed by atoms with van der Waals surface area (Å²) in [5, 5.41) is 9.05. The van der Waals surface area contributed by atoms with Crippen LogP contribution >= 0.6 is 0 Å². The molecule has 1 aliphatic rings. The molecule has 1 aromatic carbocycles. The van der Waals surface area contributed by atoms with Crippen molar-refractivity contribution in [3.05, 3.63) is 29.6 Å². The predicted octanol–water partition coefficient (Wildman–Crippen LogP) is 0.780. The number of aliphatic hydroxyl groups is 1. The maximum Gasteiger partial charge on any atom is 0.214 e. The second-order valence-electron chi connectivity index (χ2n) is 4.95. The van der Waals surface area contributed by atoms with Crippen LogP contribution < -0.4 is 4.90 Å². The van der Waals surface area contributed by atoms with Crippen LogP contribution in [-0.2, 0) is 16.6 Å². The maximum atomic E-state index is 14.1. The quantitative estimate of drug-likeness (QED) is 0.872. The summed E-state index contributed by atoms with van der Waals surface area (Å²) in [6.45, 7) is 2.92. The Kier molecular flexibility index (Phi) is 5.04. The molecule has 0 bridgehead atoms. The number of halogens is 1. The van der Waals surface area contributed by atoms with E-state index in [-0.39, 0.29) is 11.3 Å². The van der Waals surface area contributed by atoms with Crippen molar-refractivity contribution < 1.29 is 17.9 Å². The molecular formula is C14H19FN2O3S. The minimum absolute atomic E-state index is 0.0773. The second-order valence-corrected chi connectivity index (χ2v) is 7.04.